The topological polar surface area (TPSA) is 44.2 Å². The van der Waals surface area contributed by atoms with E-state index in [0.717, 1.165) is 19.5 Å². The van der Waals surface area contributed by atoms with Crippen molar-refractivity contribution >= 4 is 9.73 Å². The third kappa shape index (κ3) is 4.62. The van der Waals surface area contributed by atoms with Crippen LogP contribution < -0.4 is 0 Å². The number of rotatable bonds is 3. The largest absolute Gasteiger partial charge is 0.306 e. The van der Waals surface area contributed by atoms with Gasteiger partial charge >= 0.3 is 0 Å². The minimum Gasteiger partial charge on any atom is -0.306 e. The quantitative estimate of drug-likeness (QED) is 0.755. The van der Waals surface area contributed by atoms with Crippen LogP contribution in [0.2, 0.25) is 0 Å². The van der Waals surface area contributed by atoms with Crippen LogP contribution in [0.3, 0.4) is 0 Å². The second-order valence-corrected chi connectivity index (χ2v) is 6.66. The average Bonchev–Trinajstić information content (AvgIpc) is 2.02. The molecule has 0 aromatic rings. The molecule has 1 N–H and O–H groups in total. The van der Waals surface area contributed by atoms with Gasteiger partial charge in [0.25, 0.3) is 0 Å². The van der Waals surface area contributed by atoms with Crippen molar-refractivity contribution in [2.75, 3.05) is 32.1 Å². The predicted molar refractivity (Wildman–Crippen MR) is 56.5 cm³/mol. The second-order valence-electron chi connectivity index (χ2n) is 4.24. The van der Waals surface area contributed by atoms with Gasteiger partial charge in [0.05, 0.1) is 0 Å². The first-order valence-electron chi connectivity index (χ1n) is 4.87. The molecule has 0 radical (unpaired) electrons. The van der Waals surface area contributed by atoms with E-state index >= 15 is 0 Å². The van der Waals surface area contributed by atoms with E-state index in [-0.39, 0.29) is 0 Å². The maximum atomic E-state index is 11.2. The van der Waals surface area contributed by atoms with Crippen molar-refractivity contribution in [3.8, 4) is 0 Å². The van der Waals surface area contributed by atoms with Crippen LogP contribution in [-0.4, -0.2) is 41.3 Å². The summed E-state index contributed by atoms with van der Waals surface area (Å²) >= 11 is 0. The molecule has 13 heavy (non-hydrogen) atoms. The minimum atomic E-state index is -2.25. The van der Waals surface area contributed by atoms with Crippen molar-refractivity contribution in [3.05, 3.63) is 0 Å². The van der Waals surface area contributed by atoms with E-state index in [1.807, 2.05) is 0 Å². The van der Waals surface area contributed by atoms with Crippen LogP contribution in [0, 0.1) is 10.7 Å². The van der Waals surface area contributed by atoms with Gasteiger partial charge < -0.3 is 4.90 Å². The summed E-state index contributed by atoms with van der Waals surface area (Å²) in [6, 6.07) is 0. The molecule has 1 aliphatic heterocycles. The lowest BCUT2D eigenvalue weighted by atomic mass is 9.95. The minimum absolute atomic E-state index is 0.585. The van der Waals surface area contributed by atoms with Crippen LogP contribution in [0.1, 0.15) is 19.3 Å². The molecule has 78 valence electrons. The van der Waals surface area contributed by atoms with Crippen LogP contribution in [0.4, 0.5) is 0 Å². The molecule has 1 saturated heterocycles. The molecule has 1 rings (SSSR count). The Labute approximate surface area is 81.5 Å². The first-order chi connectivity index (χ1) is 5.97. The van der Waals surface area contributed by atoms with Crippen molar-refractivity contribution < 1.29 is 4.21 Å². The van der Waals surface area contributed by atoms with Gasteiger partial charge in [-0.25, -0.2) is 0 Å². The van der Waals surface area contributed by atoms with Gasteiger partial charge in [-0.05, 0) is 45.3 Å². The van der Waals surface area contributed by atoms with Crippen LogP contribution >= 0.6 is 0 Å². The van der Waals surface area contributed by atoms with Crippen LogP contribution in [0.15, 0.2) is 0 Å². The molecule has 1 aliphatic rings. The van der Waals surface area contributed by atoms with Crippen LogP contribution in [0.5, 0.6) is 0 Å². The highest BCUT2D eigenvalue weighted by Crippen LogP contribution is 2.19. The summed E-state index contributed by atoms with van der Waals surface area (Å²) in [5.74, 6) is 1.30. The van der Waals surface area contributed by atoms with Crippen molar-refractivity contribution in [1.82, 2.24) is 4.90 Å². The van der Waals surface area contributed by atoms with E-state index in [9.17, 15) is 4.21 Å². The third-order valence-electron chi connectivity index (χ3n) is 2.75. The van der Waals surface area contributed by atoms with E-state index in [4.69, 9.17) is 4.78 Å². The van der Waals surface area contributed by atoms with E-state index in [1.165, 1.54) is 12.8 Å². The Morgan fingerprint density at radius 3 is 2.46 bits per heavy atom. The maximum absolute atomic E-state index is 11.2. The molecule has 0 aliphatic carbocycles. The lowest BCUT2D eigenvalue weighted by Gasteiger charge is -2.28. The number of hydrogen-bond donors (Lipinski definition) is 1. The standard InChI is InChI=1S/C9H20N2OS/c1-11-6-3-9(4-7-11)5-8-13(2,10)12/h9-10H,3-8H2,1-2H3. The zero-order valence-corrected chi connectivity index (χ0v) is 9.40. The normalized spacial score (nSPS) is 25.7. The molecule has 0 amide bonds. The summed E-state index contributed by atoms with van der Waals surface area (Å²) in [6.07, 6.45) is 4.95. The molecule has 1 unspecified atom stereocenters. The van der Waals surface area contributed by atoms with Crippen molar-refractivity contribution in [3.63, 3.8) is 0 Å². The maximum Gasteiger partial charge on any atom is 0.0412 e. The van der Waals surface area contributed by atoms with E-state index in [0.29, 0.717) is 11.7 Å². The smallest absolute Gasteiger partial charge is 0.0412 e. The molecule has 0 spiro atoms. The third-order valence-corrected chi connectivity index (χ3v) is 3.77. The highest BCUT2D eigenvalue weighted by Gasteiger charge is 2.16. The lowest BCUT2D eigenvalue weighted by molar-refractivity contribution is 0.217. The molecular formula is C9H20N2OS. The average molecular weight is 204 g/mol. The fourth-order valence-electron chi connectivity index (χ4n) is 1.74. The Hall–Kier alpha value is -0.0900. The van der Waals surface area contributed by atoms with Gasteiger partial charge in [0, 0.05) is 21.7 Å². The van der Waals surface area contributed by atoms with E-state index in [1.54, 1.807) is 6.26 Å². The summed E-state index contributed by atoms with van der Waals surface area (Å²) < 4.78 is 18.5. The van der Waals surface area contributed by atoms with Crippen molar-refractivity contribution in [2.45, 2.75) is 19.3 Å². The van der Waals surface area contributed by atoms with Crippen molar-refractivity contribution in [1.29, 1.82) is 4.78 Å². The van der Waals surface area contributed by atoms with Gasteiger partial charge in [0.2, 0.25) is 0 Å². The summed E-state index contributed by atoms with van der Waals surface area (Å²) in [6.45, 7) is 2.32. The van der Waals surface area contributed by atoms with Gasteiger partial charge in [-0.15, -0.1) is 0 Å². The number of nitrogens with one attached hydrogen (secondary N) is 1. The van der Waals surface area contributed by atoms with E-state index in [2.05, 4.69) is 11.9 Å². The van der Waals surface area contributed by atoms with Gasteiger partial charge in [-0.3, -0.25) is 8.99 Å². The highest BCUT2D eigenvalue weighted by atomic mass is 32.2. The fraction of sp³-hybridized carbons (Fsp3) is 1.00. The monoisotopic (exact) mass is 204 g/mol. The highest BCUT2D eigenvalue weighted by molar-refractivity contribution is 7.91. The molecule has 0 bridgehead atoms. The summed E-state index contributed by atoms with van der Waals surface area (Å²) in [5.41, 5.74) is 0. The number of piperidine rings is 1. The number of nitrogens with zero attached hydrogens (tertiary/aromatic N) is 1. The molecule has 1 atom stereocenters. The Morgan fingerprint density at radius 1 is 1.46 bits per heavy atom. The first kappa shape index (κ1) is 11.0. The van der Waals surface area contributed by atoms with Crippen LogP contribution in [0.25, 0.3) is 0 Å². The van der Waals surface area contributed by atoms with Crippen molar-refractivity contribution in [2.24, 2.45) is 5.92 Å². The molecule has 3 nitrogen and oxygen atoms in total. The Kier molecular flexibility index (Phi) is 3.74. The molecule has 0 saturated carbocycles. The molecule has 4 heteroatoms. The predicted octanol–water partition coefficient (Wildman–Crippen LogP) is 1.39. The summed E-state index contributed by atoms with van der Waals surface area (Å²) in [5, 5.41) is 0. The molecule has 1 fully saturated rings. The number of hydrogen-bond acceptors (Lipinski definition) is 3. The molecular weight excluding hydrogens is 184 g/mol. The molecule has 0 aromatic heterocycles. The SMILES string of the molecule is CN1CCC(CCS(C)(=N)=O)CC1. The van der Waals surface area contributed by atoms with Crippen LogP contribution in [-0.2, 0) is 9.73 Å². The van der Waals surface area contributed by atoms with Gasteiger partial charge in [0.1, 0.15) is 0 Å². The second kappa shape index (κ2) is 4.42. The van der Waals surface area contributed by atoms with Gasteiger partial charge in [-0.2, -0.15) is 0 Å². The summed E-state index contributed by atoms with van der Waals surface area (Å²) in [7, 11) is -0.108. The molecule has 1 heterocycles. The molecule has 0 aromatic carbocycles. The Morgan fingerprint density at radius 2 is 2.00 bits per heavy atom. The zero-order chi connectivity index (χ0) is 9.90. The zero-order valence-electron chi connectivity index (χ0n) is 8.58. The fourth-order valence-corrected chi connectivity index (χ4v) is 2.53. The Balaban J connectivity index is 2.24. The Bertz CT molecular complexity index is 240. The van der Waals surface area contributed by atoms with E-state index < -0.39 is 9.73 Å². The van der Waals surface area contributed by atoms with Gasteiger partial charge in [0.15, 0.2) is 0 Å². The first-order valence-corrected chi connectivity index (χ1v) is 7.01. The van der Waals surface area contributed by atoms with Gasteiger partial charge in [-0.1, -0.05) is 0 Å². The summed E-state index contributed by atoms with van der Waals surface area (Å²) in [4.78, 5) is 2.33. The lowest BCUT2D eigenvalue weighted by Crippen LogP contribution is -2.30. The number of likely N-dealkylation sites (tertiary alicyclic amines) is 1.